The molecule has 1 saturated carbocycles. The lowest BCUT2D eigenvalue weighted by Crippen LogP contribution is -2.30. The van der Waals surface area contributed by atoms with E-state index in [2.05, 4.69) is 22.2 Å². The Balaban J connectivity index is 1.81. The number of hydrogen-bond donors (Lipinski definition) is 2. The second-order valence-electron chi connectivity index (χ2n) is 5.33. The summed E-state index contributed by atoms with van der Waals surface area (Å²) in [7, 11) is 0. The Morgan fingerprint density at radius 2 is 1.94 bits per heavy atom. The summed E-state index contributed by atoms with van der Waals surface area (Å²) in [6.07, 6.45) is 7.56. The van der Waals surface area contributed by atoms with E-state index in [0.29, 0.717) is 5.92 Å². The van der Waals surface area contributed by atoms with Gasteiger partial charge < -0.3 is 10.4 Å². The Morgan fingerprint density at radius 1 is 1.28 bits per heavy atom. The quantitative estimate of drug-likeness (QED) is 0.856. The number of rotatable bonds is 4. The van der Waals surface area contributed by atoms with E-state index in [4.69, 9.17) is 0 Å². The topological polar surface area (TPSA) is 58.0 Å². The van der Waals surface area contributed by atoms with Crippen molar-refractivity contribution in [1.82, 2.24) is 15.3 Å². The zero-order valence-electron chi connectivity index (χ0n) is 11.3. The van der Waals surface area contributed by atoms with Crippen molar-refractivity contribution in [1.29, 1.82) is 0 Å². The highest BCUT2D eigenvalue weighted by Gasteiger charge is 2.20. The summed E-state index contributed by atoms with van der Waals surface area (Å²) in [4.78, 5) is 8.66. The van der Waals surface area contributed by atoms with Gasteiger partial charge in [-0.2, -0.15) is 0 Å². The third-order valence-electron chi connectivity index (χ3n) is 3.86. The van der Waals surface area contributed by atoms with E-state index in [1.807, 2.05) is 6.92 Å². The van der Waals surface area contributed by atoms with Crippen LogP contribution in [-0.4, -0.2) is 27.7 Å². The summed E-state index contributed by atoms with van der Waals surface area (Å²) in [5.41, 5.74) is 2.03. The predicted octanol–water partition coefficient (Wildman–Crippen LogP) is 1.99. The molecule has 2 rings (SSSR count). The second-order valence-corrected chi connectivity index (χ2v) is 5.33. The lowest BCUT2D eigenvalue weighted by atomic mass is 9.87. The van der Waals surface area contributed by atoms with Gasteiger partial charge in [0.25, 0.3) is 0 Å². The van der Waals surface area contributed by atoms with Gasteiger partial charge >= 0.3 is 0 Å². The number of aromatic nitrogens is 2. The summed E-state index contributed by atoms with van der Waals surface area (Å²) >= 11 is 0. The molecule has 1 fully saturated rings. The largest absolute Gasteiger partial charge is 0.393 e. The van der Waals surface area contributed by atoms with Crippen LogP contribution < -0.4 is 5.32 Å². The van der Waals surface area contributed by atoms with Crippen LogP contribution in [0.15, 0.2) is 12.4 Å². The standard InChI is InChI=1S/C14H23N3O/c1-10-14(16-8-7-15-10)11(2)17-9-12-3-5-13(18)6-4-12/h7-8,11-13,17-18H,3-6,9H2,1-2H3. The normalized spacial score (nSPS) is 25.9. The smallest absolute Gasteiger partial charge is 0.0782 e. The van der Waals surface area contributed by atoms with Crippen LogP contribution >= 0.6 is 0 Å². The summed E-state index contributed by atoms with van der Waals surface area (Å²) in [6.45, 7) is 5.13. The predicted molar refractivity (Wildman–Crippen MR) is 71.2 cm³/mol. The second kappa shape index (κ2) is 6.25. The number of aliphatic hydroxyl groups is 1. The monoisotopic (exact) mass is 249 g/mol. The van der Waals surface area contributed by atoms with Crippen molar-refractivity contribution in [3.05, 3.63) is 23.8 Å². The molecular weight excluding hydrogens is 226 g/mol. The van der Waals surface area contributed by atoms with Gasteiger partial charge in [-0.1, -0.05) is 0 Å². The Kier molecular flexibility index (Phi) is 4.66. The van der Waals surface area contributed by atoms with Crippen molar-refractivity contribution in [3.63, 3.8) is 0 Å². The first-order valence-electron chi connectivity index (χ1n) is 6.85. The van der Waals surface area contributed by atoms with Crippen molar-refractivity contribution >= 4 is 0 Å². The van der Waals surface area contributed by atoms with E-state index in [-0.39, 0.29) is 12.1 Å². The van der Waals surface area contributed by atoms with Gasteiger partial charge in [0, 0.05) is 18.4 Å². The molecule has 100 valence electrons. The van der Waals surface area contributed by atoms with Gasteiger partial charge in [0.15, 0.2) is 0 Å². The molecular formula is C14H23N3O. The van der Waals surface area contributed by atoms with Crippen LogP contribution in [0.25, 0.3) is 0 Å². The molecule has 1 aromatic heterocycles. The molecule has 0 aromatic carbocycles. The van der Waals surface area contributed by atoms with Crippen LogP contribution in [0.3, 0.4) is 0 Å². The Labute approximate surface area is 109 Å². The maximum atomic E-state index is 9.48. The molecule has 0 bridgehead atoms. The molecule has 4 nitrogen and oxygen atoms in total. The molecule has 0 radical (unpaired) electrons. The van der Waals surface area contributed by atoms with Crippen LogP contribution in [0.1, 0.15) is 50.0 Å². The number of nitrogens with zero attached hydrogens (tertiary/aromatic N) is 2. The van der Waals surface area contributed by atoms with E-state index in [9.17, 15) is 5.11 Å². The molecule has 1 atom stereocenters. The van der Waals surface area contributed by atoms with Gasteiger partial charge in [0.05, 0.1) is 17.5 Å². The van der Waals surface area contributed by atoms with E-state index in [0.717, 1.165) is 43.6 Å². The number of hydrogen-bond acceptors (Lipinski definition) is 4. The highest BCUT2D eigenvalue weighted by molar-refractivity contribution is 5.12. The fraction of sp³-hybridized carbons (Fsp3) is 0.714. The lowest BCUT2D eigenvalue weighted by molar-refractivity contribution is 0.107. The van der Waals surface area contributed by atoms with Crippen molar-refractivity contribution in [2.75, 3.05) is 6.54 Å². The van der Waals surface area contributed by atoms with Crippen molar-refractivity contribution in [2.24, 2.45) is 5.92 Å². The van der Waals surface area contributed by atoms with E-state index >= 15 is 0 Å². The van der Waals surface area contributed by atoms with E-state index < -0.39 is 0 Å². The van der Waals surface area contributed by atoms with Gasteiger partial charge in [0.1, 0.15) is 0 Å². The van der Waals surface area contributed by atoms with Crippen LogP contribution in [0, 0.1) is 12.8 Å². The van der Waals surface area contributed by atoms with Crippen LogP contribution in [0.5, 0.6) is 0 Å². The highest BCUT2D eigenvalue weighted by Crippen LogP contribution is 2.24. The minimum Gasteiger partial charge on any atom is -0.393 e. The molecule has 1 heterocycles. The third-order valence-corrected chi connectivity index (χ3v) is 3.86. The maximum absolute atomic E-state index is 9.48. The fourth-order valence-electron chi connectivity index (χ4n) is 2.63. The van der Waals surface area contributed by atoms with Crippen molar-refractivity contribution in [3.8, 4) is 0 Å². The molecule has 1 aliphatic carbocycles. The maximum Gasteiger partial charge on any atom is 0.0782 e. The first-order chi connectivity index (χ1) is 8.66. The molecule has 1 aliphatic rings. The molecule has 0 spiro atoms. The van der Waals surface area contributed by atoms with Crippen LogP contribution in [0.2, 0.25) is 0 Å². The van der Waals surface area contributed by atoms with Crippen LogP contribution in [-0.2, 0) is 0 Å². The molecule has 1 unspecified atom stereocenters. The summed E-state index contributed by atoms with van der Waals surface area (Å²) in [5, 5.41) is 13.0. The Bertz CT molecular complexity index is 375. The molecule has 0 saturated heterocycles. The highest BCUT2D eigenvalue weighted by atomic mass is 16.3. The minimum absolute atomic E-state index is 0.0686. The number of aryl methyl sites for hydroxylation is 1. The molecule has 4 heteroatoms. The first-order valence-corrected chi connectivity index (χ1v) is 6.85. The third kappa shape index (κ3) is 3.50. The van der Waals surface area contributed by atoms with Gasteiger partial charge in [-0.05, 0) is 52.0 Å². The van der Waals surface area contributed by atoms with Gasteiger partial charge in [-0.25, -0.2) is 0 Å². The molecule has 1 aromatic rings. The molecule has 0 aliphatic heterocycles. The Morgan fingerprint density at radius 3 is 2.61 bits per heavy atom. The van der Waals surface area contributed by atoms with Gasteiger partial charge in [-0.3, -0.25) is 9.97 Å². The summed E-state index contributed by atoms with van der Waals surface area (Å²) < 4.78 is 0. The van der Waals surface area contributed by atoms with Gasteiger partial charge in [0.2, 0.25) is 0 Å². The van der Waals surface area contributed by atoms with Crippen molar-refractivity contribution in [2.45, 2.75) is 51.7 Å². The fourth-order valence-corrected chi connectivity index (χ4v) is 2.63. The van der Waals surface area contributed by atoms with Crippen molar-refractivity contribution < 1.29 is 5.11 Å². The molecule has 0 amide bonds. The number of aliphatic hydroxyl groups excluding tert-OH is 1. The summed E-state index contributed by atoms with van der Waals surface area (Å²) in [6, 6.07) is 0.241. The van der Waals surface area contributed by atoms with E-state index in [1.165, 1.54) is 0 Å². The average molecular weight is 249 g/mol. The van der Waals surface area contributed by atoms with Gasteiger partial charge in [-0.15, -0.1) is 0 Å². The zero-order valence-corrected chi connectivity index (χ0v) is 11.3. The lowest BCUT2D eigenvalue weighted by Gasteiger charge is -2.27. The molecule has 2 N–H and O–H groups in total. The first kappa shape index (κ1) is 13.4. The summed E-state index contributed by atoms with van der Waals surface area (Å²) in [5.74, 6) is 0.688. The average Bonchev–Trinajstić information content (AvgIpc) is 2.38. The minimum atomic E-state index is -0.0686. The molecule has 18 heavy (non-hydrogen) atoms. The van der Waals surface area contributed by atoms with Crippen LogP contribution in [0.4, 0.5) is 0 Å². The zero-order chi connectivity index (χ0) is 13.0. The Hall–Kier alpha value is -1.00. The number of nitrogens with one attached hydrogen (secondary N) is 1. The SMILES string of the molecule is Cc1nccnc1C(C)NCC1CCC(O)CC1. The van der Waals surface area contributed by atoms with E-state index in [1.54, 1.807) is 12.4 Å².